The van der Waals surface area contributed by atoms with Gasteiger partial charge in [-0.2, -0.15) is 4.98 Å². The number of carbonyl (C=O) groups excluding carboxylic acids is 2. The molecule has 3 aromatic rings. The number of hydrogen-bond acceptors (Lipinski definition) is 7. The lowest BCUT2D eigenvalue weighted by Crippen LogP contribution is -2.39. The Morgan fingerprint density at radius 2 is 1.93 bits per heavy atom. The summed E-state index contributed by atoms with van der Waals surface area (Å²) in [5.74, 6) is 0.365. The van der Waals surface area contributed by atoms with Gasteiger partial charge in [-0.1, -0.05) is 35.5 Å². The van der Waals surface area contributed by atoms with Gasteiger partial charge in [-0.15, -0.1) is 0 Å². The first kappa shape index (κ1) is 20.3. The lowest BCUT2D eigenvalue weighted by atomic mass is 10.2. The molecule has 8 nitrogen and oxygen atoms in total. The summed E-state index contributed by atoms with van der Waals surface area (Å²) in [5, 5.41) is 3.80. The fourth-order valence-corrected chi connectivity index (χ4v) is 2.71. The van der Waals surface area contributed by atoms with Crippen LogP contribution in [0.4, 0.5) is 0 Å². The van der Waals surface area contributed by atoms with Gasteiger partial charge < -0.3 is 18.6 Å². The monoisotopic (exact) mass is 397 g/mol. The molecular weight excluding hydrogens is 374 g/mol. The molecule has 0 bridgehead atoms. The van der Waals surface area contributed by atoms with Crippen LogP contribution >= 0.6 is 0 Å². The van der Waals surface area contributed by atoms with Crippen LogP contribution < -0.4 is 0 Å². The van der Waals surface area contributed by atoms with Crippen molar-refractivity contribution in [3.63, 3.8) is 0 Å². The molecule has 2 aromatic heterocycles. The minimum Gasteiger partial charge on any atom is -0.461 e. The second-order valence-corrected chi connectivity index (χ2v) is 6.75. The third kappa shape index (κ3) is 5.78. The normalized spacial score (nSPS) is 10.9. The quantitative estimate of drug-likeness (QED) is 0.511. The number of furan rings is 1. The summed E-state index contributed by atoms with van der Waals surface area (Å²) < 4.78 is 15.4. The van der Waals surface area contributed by atoms with Gasteiger partial charge >= 0.3 is 5.97 Å². The van der Waals surface area contributed by atoms with Gasteiger partial charge in [0.05, 0.1) is 12.7 Å². The standard InChI is InChI=1S/C21H23N3O5/c1-15(2)24(13-16-7-4-3-5-8-16)19(25)14-28-20(26)11-10-18-22-21(23-29-18)17-9-6-12-27-17/h3-9,12,15H,10-11,13-14H2,1-2H3. The summed E-state index contributed by atoms with van der Waals surface area (Å²) >= 11 is 0. The molecule has 0 saturated heterocycles. The number of hydrogen-bond donors (Lipinski definition) is 0. The van der Waals surface area contributed by atoms with Crippen molar-refractivity contribution in [2.75, 3.05) is 6.61 Å². The third-order valence-electron chi connectivity index (χ3n) is 4.25. The van der Waals surface area contributed by atoms with E-state index in [1.165, 1.54) is 6.26 Å². The van der Waals surface area contributed by atoms with Crippen LogP contribution in [0.1, 0.15) is 31.7 Å². The van der Waals surface area contributed by atoms with Crippen LogP contribution in [0.3, 0.4) is 0 Å². The molecule has 29 heavy (non-hydrogen) atoms. The van der Waals surface area contributed by atoms with Crippen LogP contribution in [0.15, 0.2) is 57.7 Å². The van der Waals surface area contributed by atoms with Gasteiger partial charge in [0, 0.05) is 19.0 Å². The van der Waals surface area contributed by atoms with Crippen molar-refractivity contribution in [2.45, 2.75) is 39.3 Å². The smallest absolute Gasteiger partial charge is 0.306 e. The summed E-state index contributed by atoms with van der Waals surface area (Å²) in [5.41, 5.74) is 1.02. The number of esters is 1. The van der Waals surface area contributed by atoms with E-state index in [4.69, 9.17) is 13.7 Å². The predicted octanol–water partition coefficient (Wildman–Crippen LogP) is 3.24. The van der Waals surface area contributed by atoms with Crippen molar-refractivity contribution in [3.8, 4) is 11.6 Å². The molecule has 0 aliphatic rings. The van der Waals surface area contributed by atoms with Crippen molar-refractivity contribution in [1.82, 2.24) is 15.0 Å². The molecule has 0 radical (unpaired) electrons. The van der Waals surface area contributed by atoms with Crippen molar-refractivity contribution in [1.29, 1.82) is 0 Å². The lowest BCUT2D eigenvalue weighted by Gasteiger charge is -2.26. The average molecular weight is 397 g/mol. The Morgan fingerprint density at radius 1 is 1.14 bits per heavy atom. The fraction of sp³-hybridized carbons (Fsp3) is 0.333. The summed E-state index contributed by atoms with van der Waals surface area (Å²) in [7, 11) is 0. The Bertz CT molecular complexity index is 919. The SMILES string of the molecule is CC(C)N(Cc1ccccc1)C(=O)COC(=O)CCc1nc(-c2ccco2)no1. The molecule has 0 spiro atoms. The maximum atomic E-state index is 12.5. The summed E-state index contributed by atoms with van der Waals surface area (Å²) in [6.07, 6.45) is 1.77. The molecule has 3 rings (SSSR count). The number of rotatable bonds is 9. The Balaban J connectivity index is 1.46. The topological polar surface area (TPSA) is 98.7 Å². The summed E-state index contributed by atoms with van der Waals surface area (Å²) in [6, 6.07) is 13.1. The Morgan fingerprint density at radius 3 is 2.62 bits per heavy atom. The zero-order valence-electron chi connectivity index (χ0n) is 16.4. The number of ether oxygens (including phenoxy) is 1. The van der Waals surface area contributed by atoms with Crippen LogP contribution in [0.5, 0.6) is 0 Å². The molecule has 0 atom stereocenters. The minimum atomic E-state index is -0.500. The highest BCUT2D eigenvalue weighted by Gasteiger charge is 2.19. The van der Waals surface area contributed by atoms with E-state index in [0.29, 0.717) is 24.0 Å². The summed E-state index contributed by atoms with van der Waals surface area (Å²) in [6.45, 7) is 4.02. The number of aryl methyl sites for hydroxylation is 1. The van der Waals surface area contributed by atoms with Crippen LogP contribution in [-0.4, -0.2) is 39.6 Å². The molecule has 8 heteroatoms. The zero-order valence-corrected chi connectivity index (χ0v) is 16.4. The molecule has 0 aliphatic carbocycles. The van der Waals surface area contributed by atoms with Crippen LogP contribution in [-0.2, 0) is 27.3 Å². The van der Waals surface area contributed by atoms with E-state index in [9.17, 15) is 9.59 Å². The van der Waals surface area contributed by atoms with Crippen molar-refractivity contribution < 1.29 is 23.3 Å². The first-order chi connectivity index (χ1) is 14.0. The van der Waals surface area contributed by atoms with E-state index >= 15 is 0 Å². The largest absolute Gasteiger partial charge is 0.461 e. The Hall–Kier alpha value is -3.42. The molecule has 0 N–H and O–H groups in total. The highest BCUT2D eigenvalue weighted by atomic mass is 16.5. The highest BCUT2D eigenvalue weighted by molar-refractivity contribution is 5.80. The van der Waals surface area contributed by atoms with Gasteiger partial charge in [-0.25, -0.2) is 0 Å². The molecule has 0 saturated carbocycles. The van der Waals surface area contributed by atoms with E-state index in [2.05, 4.69) is 10.1 Å². The second kappa shape index (κ2) is 9.68. The van der Waals surface area contributed by atoms with Crippen molar-refractivity contribution in [2.24, 2.45) is 0 Å². The molecule has 152 valence electrons. The van der Waals surface area contributed by atoms with Crippen LogP contribution in [0.2, 0.25) is 0 Å². The fourth-order valence-electron chi connectivity index (χ4n) is 2.71. The van der Waals surface area contributed by atoms with E-state index in [1.54, 1.807) is 17.0 Å². The van der Waals surface area contributed by atoms with Crippen molar-refractivity contribution in [3.05, 3.63) is 60.2 Å². The molecule has 0 aliphatic heterocycles. The Labute approximate surface area is 168 Å². The maximum absolute atomic E-state index is 12.5. The zero-order chi connectivity index (χ0) is 20.6. The number of carbonyl (C=O) groups is 2. The van der Waals surface area contributed by atoms with Crippen LogP contribution in [0.25, 0.3) is 11.6 Å². The van der Waals surface area contributed by atoms with Gasteiger partial charge in [0.1, 0.15) is 0 Å². The van der Waals surface area contributed by atoms with Gasteiger partial charge in [0.15, 0.2) is 12.4 Å². The number of aromatic nitrogens is 2. The second-order valence-electron chi connectivity index (χ2n) is 6.75. The number of amides is 1. The predicted molar refractivity (Wildman–Crippen MR) is 103 cm³/mol. The first-order valence-electron chi connectivity index (χ1n) is 9.38. The molecule has 0 fully saturated rings. The van der Waals surface area contributed by atoms with Crippen molar-refractivity contribution >= 4 is 11.9 Å². The Kier molecular flexibility index (Phi) is 6.78. The van der Waals surface area contributed by atoms with Gasteiger partial charge in [0.2, 0.25) is 11.7 Å². The van der Waals surface area contributed by atoms with Crippen LogP contribution in [0, 0.1) is 0 Å². The van der Waals surface area contributed by atoms with Gasteiger partial charge in [-0.05, 0) is 31.5 Å². The first-order valence-corrected chi connectivity index (χ1v) is 9.38. The molecular formula is C21H23N3O5. The number of nitrogens with zero attached hydrogens (tertiary/aromatic N) is 3. The van der Waals surface area contributed by atoms with E-state index in [1.807, 2.05) is 44.2 Å². The molecule has 1 aromatic carbocycles. The minimum absolute atomic E-state index is 0.0141. The lowest BCUT2D eigenvalue weighted by molar-refractivity contribution is -0.153. The van der Waals surface area contributed by atoms with E-state index < -0.39 is 5.97 Å². The van der Waals surface area contributed by atoms with Gasteiger partial charge in [0.25, 0.3) is 5.91 Å². The van der Waals surface area contributed by atoms with Gasteiger partial charge in [-0.3, -0.25) is 9.59 Å². The molecule has 0 unspecified atom stereocenters. The molecule has 2 heterocycles. The van der Waals surface area contributed by atoms with E-state index in [0.717, 1.165) is 5.56 Å². The highest BCUT2D eigenvalue weighted by Crippen LogP contribution is 2.16. The van der Waals surface area contributed by atoms with E-state index in [-0.39, 0.29) is 31.4 Å². The average Bonchev–Trinajstić information content (AvgIpc) is 3.41. The maximum Gasteiger partial charge on any atom is 0.306 e. The number of benzene rings is 1. The third-order valence-corrected chi connectivity index (χ3v) is 4.25. The molecule has 1 amide bonds. The summed E-state index contributed by atoms with van der Waals surface area (Å²) in [4.78, 5) is 30.3.